The molecule has 0 saturated carbocycles. The van der Waals surface area contributed by atoms with Crippen LogP contribution in [0.25, 0.3) is 0 Å². The van der Waals surface area contributed by atoms with Crippen molar-refractivity contribution in [3.05, 3.63) is 29.8 Å². The lowest BCUT2D eigenvalue weighted by molar-refractivity contribution is -0.124. The number of nitrogens with one attached hydrogen (secondary N) is 1. The normalized spacial score (nSPS) is 10.2. The van der Waals surface area contributed by atoms with Gasteiger partial charge >= 0.3 is 5.97 Å². The zero-order valence-corrected chi connectivity index (χ0v) is 10.6. The third-order valence-corrected chi connectivity index (χ3v) is 2.16. The van der Waals surface area contributed by atoms with Crippen molar-refractivity contribution in [3.8, 4) is 0 Å². The second kappa shape index (κ2) is 6.64. The molecule has 0 atom stereocenters. The Labute approximate surface area is 106 Å². The Kier molecular flexibility index (Phi) is 5.17. The summed E-state index contributed by atoms with van der Waals surface area (Å²) in [4.78, 5) is 22.9. The number of hydrogen-bond donors (Lipinski definition) is 2. The zero-order valence-electron chi connectivity index (χ0n) is 10.6. The summed E-state index contributed by atoms with van der Waals surface area (Å²) in [6.07, 6.45) is 0. The van der Waals surface area contributed by atoms with E-state index in [2.05, 4.69) is 5.32 Å². The summed E-state index contributed by atoms with van der Waals surface area (Å²) in [5.74, 6) is -0.499. The molecule has 0 aliphatic rings. The molecule has 5 heteroatoms. The Hall–Kier alpha value is -2.04. The van der Waals surface area contributed by atoms with Gasteiger partial charge in [0.05, 0.1) is 5.56 Å². The summed E-state index contributed by atoms with van der Waals surface area (Å²) in [5, 5.41) is 2.66. The number of amides is 1. The van der Waals surface area contributed by atoms with Crippen LogP contribution < -0.4 is 11.1 Å². The van der Waals surface area contributed by atoms with E-state index in [1.165, 1.54) is 6.07 Å². The van der Waals surface area contributed by atoms with Gasteiger partial charge in [0.25, 0.3) is 5.91 Å². The van der Waals surface area contributed by atoms with Gasteiger partial charge in [0.1, 0.15) is 0 Å². The lowest BCUT2D eigenvalue weighted by atomic mass is 10.2. The highest BCUT2D eigenvalue weighted by Crippen LogP contribution is 2.07. The lowest BCUT2D eigenvalue weighted by Crippen LogP contribution is -2.31. The highest BCUT2D eigenvalue weighted by molar-refractivity contribution is 5.92. The fourth-order valence-electron chi connectivity index (χ4n) is 1.25. The van der Waals surface area contributed by atoms with Gasteiger partial charge < -0.3 is 15.8 Å². The van der Waals surface area contributed by atoms with E-state index >= 15 is 0 Å². The predicted octanol–water partition coefficient (Wildman–Crippen LogP) is 1.20. The summed E-state index contributed by atoms with van der Waals surface area (Å²) in [5.41, 5.74) is 6.37. The molecule has 1 rings (SSSR count). The maximum absolute atomic E-state index is 11.6. The minimum atomic E-state index is -0.554. The Bertz CT molecular complexity index is 430. The first-order chi connectivity index (χ1) is 8.49. The van der Waals surface area contributed by atoms with Crippen molar-refractivity contribution in [3.63, 3.8) is 0 Å². The summed E-state index contributed by atoms with van der Waals surface area (Å²) in [7, 11) is 0. The third-order valence-electron chi connectivity index (χ3n) is 2.16. The first-order valence-corrected chi connectivity index (χ1v) is 5.78. The third kappa shape index (κ3) is 4.86. The van der Waals surface area contributed by atoms with Crippen LogP contribution in [0, 0.1) is 5.92 Å². The molecule has 0 unspecified atom stereocenters. The van der Waals surface area contributed by atoms with Crippen LogP contribution in [0.4, 0.5) is 5.69 Å². The summed E-state index contributed by atoms with van der Waals surface area (Å²) in [6.45, 7) is 4.26. The van der Waals surface area contributed by atoms with Crippen LogP contribution in [0.1, 0.15) is 24.2 Å². The molecule has 0 aliphatic heterocycles. The van der Waals surface area contributed by atoms with E-state index in [9.17, 15) is 9.59 Å². The van der Waals surface area contributed by atoms with Gasteiger partial charge in [0, 0.05) is 12.2 Å². The van der Waals surface area contributed by atoms with Gasteiger partial charge in [-0.05, 0) is 24.1 Å². The predicted molar refractivity (Wildman–Crippen MR) is 69.0 cm³/mol. The number of nitrogens with two attached hydrogens (primary N) is 1. The van der Waals surface area contributed by atoms with Crippen molar-refractivity contribution < 1.29 is 14.3 Å². The van der Waals surface area contributed by atoms with Crippen LogP contribution in [-0.2, 0) is 9.53 Å². The molecule has 0 aliphatic carbocycles. The molecule has 1 amide bonds. The number of esters is 1. The monoisotopic (exact) mass is 250 g/mol. The SMILES string of the molecule is CC(C)CNC(=O)COC(=O)c1cccc(N)c1. The van der Waals surface area contributed by atoms with E-state index in [1.807, 2.05) is 13.8 Å². The molecule has 0 spiro atoms. The molecular weight excluding hydrogens is 232 g/mol. The molecular formula is C13H18N2O3. The van der Waals surface area contributed by atoms with Gasteiger partial charge in [0.2, 0.25) is 0 Å². The first kappa shape index (κ1) is 14.0. The van der Waals surface area contributed by atoms with E-state index in [0.29, 0.717) is 23.7 Å². The second-order valence-corrected chi connectivity index (χ2v) is 4.40. The average Bonchev–Trinajstić information content (AvgIpc) is 2.33. The summed E-state index contributed by atoms with van der Waals surface area (Å²) < 4.78 is 4.87. The van der Waals surface area contributed by atoms with Crippen LogP contribution in [0.3, 0.4) is 0 Å². The molecule has 98 valence electrons. The van der Waals surface area contributed by atoms with Gasteiger partial charge in [-0.3, -0.25) is 4.79 Å². The standard InChI is InChI=1S/C13H18N2O3/c1-9(2)7-15-12(16)8-18-13(17)10-4-3-5-11(14)6-10/h3-6,9H,7-8,14H2,1-2H3,(H,15,16). The average molecular weight is 250 g/mol. The maximum Gasteiger partial charge on any atom is 0.338 e. The number of carbonyl (C=O) groups excluding carboxylic acids is 2. The number of ether oxygens (including phenoxy) is 1. The van der Waals surface area contributed by atoms with Crippen LogP contribution in [0.5, 0.6) is 0 Å². The zero-order chi connectivity index (χ0) is 13.5. The van der Waals surface area contributed by atoms with E-state index in [4.69, 9.17) is 10.5 Å². The number of rotatable bonds is 5. The molecule has 0 radical (unpaired) electrons. The minimum absolute atomic E-state index is 0.277. The minimum Gasteiger partial charge on any atom is -0.452 e. The molecule has 0 fully saturated rings. The van der Waals surface area contributed by atoms with Crippen molar-refractivity contribution in [2.75, 3.05) is 18.9 Å². The Morgan fingerprint density at radius 1 is 1.39 bits per heavy atom. The molecule has 0 heterocycles. The van der Waals surface area contributed by atoms with Crippen LogP contribution in [0.15, 0.2) is 24.3 Å². The molecule has 3 N–H and O–H groups in total. The van der Waals surface area contributed by atoms with Crippen LogP contribution in [-0.4, -0.2) is 25.0 Å². The highest BCUT2D eigenvalue weighted by atomic mass is 16.5. The van der Waals surface area contributed by atoms with E-state index < -0.39 is 5.97 Å². The molecule has 0 saturated heterocycles. The van der Waals surface area contributed by atoms with E-state index in [0.717, 1.165) is 0 Å². The highest BCUT2D eigenvalue weighted by Gasteiger charge is 2.10. The molecule has 0 bridgehead atoms. The molecule has 18 heavy (non-hydrogen) atoms. The van der Waals surface area contributed by atoms with Crippen molar-refractivity contribution in [2.24, 2.45) is 5.92 Å². The Balaban J connectivity index is 2.39. The number of carbonyl (C=O) groups is 2. The van der Waals surface area contributed by atoms with E-state index in [1.54, 1.807) is 18.2 Å². The van der Waals surface area contributed by atoms with Crippen LogP contribution >= 0.6 is 0 Å². The molecule has 1 aromatic rings. The summed E-state index contributed by atoms with van der Waals surface area (Å²) in [6, 6.07) is 6.43. The fraction of sp³-hybridized carbons (Fsp3) is 0.385. The van der Waals surface area contributed by atoms with Crippen molar-refractivity contribution >= 4 is 17.6 Å². The number of hydrogen-bond acceptors (Lipinski definition) is 4. The smallest absolute Gasteiger partial charge is 0.338 e. The number of benzene rings is 1. The fourth-order valence-corrected chi connectivity index (χ4v) is 1.25. The quantitative estimate of drug-likeness (QED) is 0.607. The lowest BCUT2D eigenvalue weighted by Gasteiger charge is -2.08. The summed E-state index contributed by atoms with van der Waals surface area (Å²) >= 11 is 0. The molecule has 5 nitrogen and oxygen atoms in total. The topological polar surface area (TPSA) is 81.4 Å². The molecule has 1 aromatic carbocycles. The number of anilines is 1. The largest absolute Gasteiger partial charge is 0.452 e. The van der Waals surface area contributed by atoms with Crippen molar-refractivity contribution in [2.45, 2.75) is 13.8 Å². The first-order valence-electron chi connectivity index (χ1n) is 5.78. The van der Waals surface area contributed by atoms with Gasteiger partial charge in [-0.25, -0.2) is 4.79 Å². The van der Waals surface area contributed by atoms with Gasteiger partial charge in [-0.15, -0.1) is 0 Å². The second-order valence-electron chi connectivity index (χ2n) is 4.40. The van der Waals surface area contributed by atoms with Crippen LogP contribution in [0.2, 0.25) is 0 Å². The Morgan fingerprint density at radius 3 is 2.72 bits per heavy atom. The van der Waals surface area contributed by atoms with Gasteiger partial charge in [-0.2, -0.15) is 0 Å². The maximum atomic E-state index is 11.6. The van der Waals surface area contributed by atoms with Gasteiger partial charge in [0.15, 0.2) is 6.61 Å². The van der Waals surface area contributed by atoms with Crippen molar-refractivity contribution in [1.29, 1.82) is 0 Å². The van der Waals surface area contributed by atoms with E-state index in [-0.39, 0.29) is 12.5 Å². The Morgan fingerprint density at radius 2 is 2.11 bits per heavy atom. The van der Waals surface area contributed by atoms with Crippen molar-refractivity contribution in [1.82, 2.24) is 5.32 Å². The molecule has 0 aromatic heterocycles. The van der Waals surface area contributed by atoms with Gasteiger partial charge in [-0.1, -0.05) is 19.9 Å². The number of nitrogen functional groups attached to an aromatic ring is 1.